The first kappa shape index (κ1) is 17.4. The van der Waals surface area contributed by atoms with Gasteiger partial charge in [0.25, 0.3) is 10.0 Å². The number of fused-ring (bicyclic) bond motifs is 1. The third-order valence-corrected chi connectivity index (χ3v) is 6.25. The summed E-state index contributed by atoms with van der Waals surface area (Å²) in [6, 6.07) is 6.94. The zero-order chi connectivity index (χ0) is 19.2. The number of benzene rings is 1. The highest BCUT2D eigenvalue weighted by atomic mass is 32.2. The quantitative estimate of drug-likeness (QED) is 0.544. The molecule has 0 aliphatic heterocycles. The van der Waals surface area contributed by atoms with Crippen molar-refractivity contribution in [2.75, 3.05) is 10.5 Å². The van der Waals surface area contributed by atoms with E-state index >= 15 is 0 Å². The fraction of sp³-hybridized carbons (Fsp3) is 0.118. The van der Waals surface area contributed by atoms with E-state index < -0.39 is 10.0 Å². The van der Waals surface area contributed by atoms with Gasteiger partial charge in [-0.3, -0.25) is 4.72 Å². The minimum absolute atomic E-state index is 0.147. The van der Waals surface area contributed by atoms with Crippen LogP contribution in [0.3, 0.4) is 0 Å². The molecular formula is C17H16N6O2S2. The number of nitrogen functional groups attached to an aromatic ring is 1. The predicted molar refractivity (Wildman–Crippen MR) is 106 cm³/mol. The molecule has 10 heteroatoms. The van der Waals surface area contributed by atoms with Gasteiger partial charge in [0.05, 0.1) is 4.90 Å². The molecule has 0 saturated carbocycles. The molecule has 0 spiro atoms. The molecule has 3 aromatic heterocycles. The van der Waals surface area contributed by atoms with E-state index in [0.717, 1.165) is 39.1 Å². The number of aryl methyl sites for hydroxylation is 2. The average Bonchev–Trinajstić information content (AvgIpc) is 3.24. The van der Waals surface area contributed by atoms with Crippen molar-refractivity contribution in [2.24, 2.45) is 7.05 Å². The van der Waals surface area contributed by atoms with Crippen molar-refractivity contribution in [1.82, 2.24) is 18.9 Å². The molecule has 3 N–H and O–H groups in total. The fourth-order valence-electron chi connectivity index (χ4n) is 2.93. The molecule has 138 valence electrons. The second kappa shape index (κ2) is 6.32. The summed E-state index contributed by atoms with van der Waals surface area (Å²) in [4.78, 5) is 8.23. The number of hydrogen-bond acceptors (Lipinski definition) is 7. The maximum atomic E-state index is 12.6. The Bertz CT molecular complexity index is 1250. The van der Waals surface area contributed by atoms with Gasteiger partial charge in [0, 0.05) is 53.0 Å². The molecule has 0 aliphatic carbocycles. The van der Waals surface area contributed by atoms with Gasteiger partial charge in [0.15, 0.2) is 0 Å². The van der Waals surface area contributed by atoms with Crippen LogP contribution in [0.5, 0.6) is 0 Å². The topological polar surface area (TPSA) is 116 Å². The van der Waals surface area contributed by atoms with Crippen LogP contribution in [-0.2, 0) is 17.1 Å². The Kier molecular flexibility index (Phi) is 4.08. The van der Waals surface area contributed by atoms with Crippen LogP contribution in [0.2, 0.25) is 0 Å². The van der Waals surface area contributed by atoms with Gasteiger partial charge in [-0.1, -0.05) is 6.07 Å². The first-order valence-corrected chi connectivity index (χ1v) is 10.2. The maximum absolute atomic E-state index is 12.6. The van der Waals surface area contributed by atoms with Gasteiger partial charge in [-0.05, 0) is 30.7 Å². The molecule has 8 nitrogen and oxygen atoms in total. The predicted octanol–water partition coefficient (Wildman–Crippen LogP) is 2.78. The van der Waals surface area contributed by atoms with Gasteiger partial charge in [-0.15, -0.1) is 0 Å². The third kappa shape index (κ3) is 3.13. The van der Waals surface area contributed by atoms with E-state index in [-0.39, 0.29) is 10.0 Å². The van der Waals surface area contributed by atoms with E-state index in [1.165, 1.54) is 6.33 Å². The number of nitrogens with two attached hydrogens (primary N) is 1. The first-order chi connectivity index (χ1) is 12.8. The van der Waals surface area contributed by atoms with Crippen LogP contribution in [-0.4, -0.2) is 27.3 Å². The number of anilines is 2. The van der Waals surface area contributed by atoms with Crippen LogP contribution in [0.15, 0.2) is 47.9 Å². The van der Waals surface area contributed by atoms with Gasteiger partial charge in [-0.25, -0.2) is 18.4 Å². The fourth-order valence-corrected chi connectivity index (χ4v) is 4.61. The lowest BCUT2D eigenvalue weighted by Gasteiger charge is -2.07. The number of nitrogens with one attached hydrogen (secondary N) is 1. The molecule has 0 aliphatic rings. The van der Waals surface area contributed by atoms with Crippen molar-refractivity contribution in [3.05, 3.63) is 48.5 Å². The molecule has 4 aromatic rings. The lowest BCUT2D eigenvalue weighted by atomic mass is 10.0. The smallest absolute Gasteiger partial charge is 0.263 e. The van der Waals surface area contributed by atoms with E-state index in [4.69, 9.17) is 5.73 Å². The monoisotopic (exact) mass is 400 g/mol. The van der Waals surface area contributed by atoms with Gasteiger partial charge in [-0.2, -0.15) is 4.37 Å². The number of nitrogens with zero attached hydrogens (tertiary/aromatic N) is 4. The van der Waals surface area contributed by atoms with E-state index in [2.05, 4.69) is 19.1 Å². The van der Waals surface area contributed by atoms with Crippen LogP contribution in [0.25, 0.3) is 22.0 Å². The minimum atomic E-state index is -3.75. The van der Waals surface area contributed by atoms with Crippen LogP contribution in [0.1, 0.15) is 5.56 Å². The summed E-state index contributed by atoms with van der Waals surface area (Å²) in [5.41, 5.74) is 9.55. The Labute approximate surface area is 159 Å². The van der Waals surface area contributed by atoms with Crippen molar-refractivity contribution >= 4 is 43.4 Å². The molecule has 0 bridgehead atoms. The first-order valence-electron chi connectivity index (χ1n) is 7.96. The summed E-state index contributed by atoms with van der Waals surface area (Å²) in [6.07, 6.45) is 4.94. The van der Waals surface area contributed by atoms with E-state index in [0.29, 0.717) is 5.82 Å². The van der Waals surface area contributed by atoms with Crippen LogP contribution in [0, 0.1) is 6.92 Å². The summed E-state index contributed by atoms with van der Waals surface area (Å²) in [5, 5.41) is 1.12. The zero-order valence-electron chi connectivity index (χ0n) is 14.5. The average molecular weight is 400 g/mol. The van der Waals surface area contributed by atoms with Gasteiger partial charge >= 0.3 is 0 Å². The second-order valence-corrected chi connectivity index (χ2v) is 8.59. The minimum Gasteiger partial charge on any atom is -0.383 e. The maximum Gasteiger partial charge on any atom is 0.263 e. The molecule has 0 amide bonds. The Morgan fingerprint density at radius 1 is 1.19 bits per heavy atom. The van der Waals surface area contributed by atoms with Crippen molar-refractivity contribution < 1.29 is 8.42 Å². The molecule has 0 saturated heterocycles. The van der Waals surface area contributed by atoms with Gasteiger partial charge in [0.2, 0.25) is 5.13 Å². The van der Waals surface area contributed by atoms with E-state index in [9.17, 15) is 8.42 Å². The zero-order valence-corrected chi connectivity index (χ0v) is 16.2. The Balaban J connectivity index is 1.83. The Hall–Kier alpha value is -2.98. The van der Waals surface area contributed by atoms with Crippen LogP contribution < -0.4 is 10.5 Å². The molecule has 0 atom stereocenters. The van der Waals surface area contributed by atoms with Crippen molar-refractivity contribution in [3.8, 4) is 11.1 Å². The third-order valence-electron chi connectivity index (χ3n) is 4.20. The molecule has 0 radical (unpaired) electrons. The van der Waals surface area contributed by atoms with Crippen molar-refractivity contribution in [1.29, 1.82) is 0 Å². The number of hydrogen-bond donors (Lipinski definition) is 2. The summed E-state index contributed by atoms with van der Waals surface area (Å²) in [5.74, 6) is 0.433. The Morgan fingerprint density at radius 3 is 2.74 bits per heavy atom. The highest BCUT2D eigenvalue weighted by Crippen LogP contribution is 2.34. The Morgan fingerprint density at radius 2 is 2.00 bits per heavy atom. The summed E-state index contributed by atoms with van der Waals surface area (Å²) in [6.45, 7) is 1.95. The molecule has 1 aromatic carbocycles. The molecule has 0 unspecified atom stereocenters. The highest BCUT2D eigenvalue weighted by Gasteiger charge is 2.19. The van der Waals surface area contributed by atoms with Gasteiger partial charge in [0.1, 0.15) is 12.1 Å². The summed E-state index contributed by atoms with van der Waals surface area (Å²) < 4.78 is 33.3. The van der Waals surface area contributed by atoms with E-state index in [1.807, 2.05) is 30.8 Å². The van der Waals surface area contributed by atoms with Gasteiger partial charge < -0.3 is 10.3 Å². The molecule has 3 heterocycles. The second-order valence-electron chi connectivity index (χ2n) is 6.13. The van der Waals surface area contributed by atoms with Crippen molar-refractivity contribution in [3.63, 3.8) is 0 Å². The lowest BCUT2D eigenvalue weighted by molar-refractivity contribution is 0.601. The number of aromatic nitrogens is 4. The molecule has 27 heavy (non-hydrogen) atoms. The standard InChI is InChI=1S/C17H16N6O2S2/c1-10-5-13(16(18)19-7-10)14-8-23(2)15-6-11(3-4-12(14)15)27(24,25)22-17-20-9-21-26-17/h3-9H,1-2H3,(H2,18,19)(H,20,21,22). The SMILES string of the molecule is Cc1cnc(N)c(-c2cn(C)c3cc(S(=O)(=O)Nc4ncns4)ccc23)c1. The number of rotatable bonds is 4. The number of sulfonamides is 1. The summed E-state index contributed by atoms with van der Waals surface area (Å²) in [7, 11) is -1.89. The van der Waals surface area contributed by atoms with Crippen LogP contribution in [0.4, 0.5) is 10.9 Å². The van der Waals surface area contributed by atoms with Crippen molar-refractivity contribution in [2.45, 2.75) is 11.8 Å². The molecular weight excluding hydrogens is 384 g/mol. The normalized spacial score (nSPS) is 11.8. The largest absolute Gasteiger partial charge is 0.383 e. The molecule has 0 fully saturated rings. The highest BCUT2D eigenvalue weighted by molar-refractivity contribution is 7.93. The van der Waals surface area contributed by atoms with E-state index in [1.54, 1.807) is 24.4 Å². The lowest BCUT2D eigenvalue weighted by Crippen LogP contribution is -2.12. The summed E-state index contributed by atoms with van der Waals surface area (Å²) >= 11 is 0.978. The molecule has 4 rings (SSSR count). The number of pyridine rings is 1. The van der Waals surface area contributed by atoms with Crippen LogP contribution >= 0.6 is 11.5 Å².